The third kappa shape index (κ3) is 2.18. The number of hydrogen-bond acceptors (Lipinski definition) is 2. The molecule has 0 aromatic heterocycles. The van der Waals surface area contributed by atoms with Gasteiger partial charge in [0.25, 0.3) is 0 Å². The summed E-state index contributed by atoms with van der Waals surface area (Å²) in [4.78, 5) is 16.2. The van der Waals surface area contributed by atoms with Crippen molar-refractivity contribution >= 4 is 22.8 Å². The Bertz CT molecular complexity index is 1660. The molecule has 2 heteroatoms. The second-order valence-corrected chi connectivity index (χ2v) is 9.64. The molecule has 0 saturated carbocycles. The summed E-state index contributed by atoms with van der Waals surface area (Å²) >= 11 is 0. The summed E-state index contributed by atoms with van der Waals surface area (Å²) in [5.41, 5.74) is 12.0. The molecule has 1 spiro atoms. The number of anilines is 3. The van der Waals surface area contributed by atoms with E-state index in [9.17, 15) is 4.79 Å². The van der Waals surface area contributed by atoms with Crippen LogP contribution in [0, 0.1) is 0 Å². The molecule has 0 amide bonds. The first-order valence-electron chi connectivity index (χ1n) is 12.1. The Kier molecular flexibility index (Phi) is 3.56. The van der Waals surface area contributed by atoms with Crippen molar-refractivity contribution in [3.05, 3.63) is 160 Å². The van der Waals surface area contributed by atoms with Crippen molar-refractivity contribution in [2.45, 2.75) is 11.8 Å². The van der Waals surface area contributed by atoms with Gasteiger partial charge in [0.2, 0.25) is 0 Å². The summed E-state index contributed by atoms with van der Waals surface area (Å²) in [7, 11) is 0. The van der Waals surface area contributed by atoms with E-state index >= 15 is 0 Å². The van der Waals surface area contributed by atoms with E-state index < -0.39 is 5.41 Å². The SMILES string of the molecule is O=C1c2ccccc2C2(c3ccccc31)c1ccccc1N1c3ccccc3Cc3cccc2c31. The first-order chi connectivity index (χ1) is 17.3. The average molecular weight is 448 g/mol. The van der Waals surface area contributed by atoms with Gasteiger partial charge in [-0.15, -0.1) is 0 Å². The van der Waals surface area contributed by atoms with Crippen LogP contribution in [0.2, 0.25) is 0 Å². The molecule has 2 aliphatic heterocycles. The Morgan fingerprint density at radius 1 is 0.514 bits per heavy atom. The van der Waals surface area contributed by atoms with Crippen LogP contribution in [0.3, 0.4) is 0 Å². The van der Waals surface area contributed by atoms with E-state index in [1.54, 1.807) is 0 Å². The largest absolute Gasteiger partial charge is 0.309 e. The first-order valence-corrected chi connectivity index (χ1v) is 12.1. The van der Waals surface area contributed by atoms with Crippen molar-refractivity contribution in [1.82, 2.24) is 0 Å². The maximum Gasteiger partial charge on any atom is 0.193 e. The van der Waals surface area contributed by atoms with Crippen LogP contribution >= 0.6 is 0 Å². The predicted octanol–water partition coefficient (Wildman–Crippen LogP) is 7.30. The fourth-order valence-corrected chi connectivity index (χ4v) is 6.77. The standard InChI is InChI=1S/C33H21NO/c35-32-23-12-2-4-14-25(23)33(26-15-5-3-13-24(26)32)27-16-6-8-19-30(27)34-29-18-7-1-10-21(29)20-22-11-9-17-28(33)31(22)34/h1-19H,20H2. The van der Waals surface area contributed by atoms with Crippen LogP contribution in [0.25, 0.3) is 0 Å². The topological polar surface area (TPSA) is 20.3 Å². The van der Waals surface area contributed by atoms with E-state index in [4.69, 9.17) is 0 Å². The van der Waals surface area contributed by atoms with Crippen molar-refractivity contribution in [2.75, 3.05) is 4.90 Å². The summed E-state index contributed by atoms with van der Waals surface area (Å²) in [5, 5.41) is 0. The number of para-hydroxylation sites is 3. The van der Waals surface area contributed by atoms with E-state index in [1.807, 2.05) is 24.3 Å². The number of hydrogen-bond donors (Lipinski definition) is 0. The van der Waals surface area contributed by atoms with Gasteiger partial charge in [-0.1, -0.05) is 103 Å². The highest BCUT2D eigenvalue weighted by atomic mass is 16.1. The molecule has 3 aliphatic rings. The van der Waals surface area contributed by atoms with Gasteiger partial charge in [0.1, 0.15) is 0 Å². The zero-order chi connectivity index (χ0) is 23.1. The van der Waals surface area contributed by atoms with Crippen LogP contribution in [-0.4, -0.2) is 5.78 Å². The predicted molar refractivity (Wildman–Crippen MR) is 139 cm³/mol. The monoisotopic (exact) mass is 447 g/mol. The third-order valence-electron chi connectivity index (χ3n) is 8.06. The van der Waals surface area contributed by atoms with E-state index in [1.165, 1.54) is 39.3 Å². The lowest BCUT2D eigenvalue weighted by Gasteiger charge is -2.50. The maximum atomic E-state index is 13.7. The summed E-state index contributed by atoms with van der Waals surface area (Å²) in [6, 6.07) is 40.6. The third-order valence-corrected chi connectivity index (χ3v) is 8.06. The minimum Gasteiger partial charge on any atom is -0.309 e. The van der Waals surface area contributed by atoms with Gasteiger partial charge < -0.3 is 4.90 Å². The van der Waals surface area contributed by atoms with E-state index in [-0.39, 0.29) is 5.78 Å². The summed E-state index contributed by atoms with van der Waals surface area (Å²) < 4.78 is 0. The second kappa shape index (κ2) is 6.58. The fourth-order valence-electron chi connectivity index (χ4n) is 6.77. The first kappa shape index (κ1) is 18.9. The average Bonchev–Trinajstić information content (AvgIpc) is 2.92. The minimum absolute atomic E-state index is 0.108. The number of rotatable bonds is 0. The van der Waals surface area contributed by atoms with Crippen LogP contribution in [0.15, 0.2) is 115 Å². The van der Waals surface area contributed by atoms with Gasteiger partial charge >= 0.3 is 0 Å². The van der Waals surface area contributed by atoms with Crippen LogP contribution < -0.4 is 4.90 Å². The fraction of sp³-hybridized carbons (Fsp3) is 0.0606. The molecule has 5 aromatic rings. The molecular formula is C33H21NO. The van der Waals surface area contributed by atoms with Gasteiger partial charge in [0, 0.05) is 23.2 Å². The van der Waals surface area contributed by atoms with Crippen LogP contribution in [-0.2, 0) is 11.8 Å². The second-order valence-electron chi connectivity index (χ2n) is 9.64. The maximum absolute atomic E-state index is 13.7. The number of benzene rings is 5. The van der Waals surface area contributed by atoms with Gasteiger partial charge in [0.15, 0.2) is 5.78 Å². The smallest absolute Gasteiger partial charge is 0.193 e. The Morgan fingerprint density at radius 3 is 1.80 bits per heavy atom. The minimum atomic E-state index is -0.564. The lowest BCUT2D eigenvalue weighted by Crippen LogP contribution is -2.43. The van der Waals surface area contributed by atoms with Crippen molar-refractivity contribution in [3.8, 4) is 0 Å². The molecule has 0 atom stereocenters. The lowest BCUT2D eigenvalue weighted by atomic mass is 9.57. The molecule has 8 rings (SSSR count). The van der Waals surface area contributed by atoms with E-state index in [0.717, 1.165) is 28.7 Å². The molecule has 0 fully saturated rings. The van der Waals surface area contributed by atoms with Crippen LogP contribution in [0.1, 0.15) is 49.3 Å². The molecule has 0 saturated heterocycles. The highest BCUT2D eigenvalue weighted by molar-refractivity contribution is 6.15. The molecule has 5 aromatic carbocycles. The molecule has 164 valence electrons. The van der Waals surface area contributed by atoms with Gasteiger partial charge in [-0.05, 0) is 45.5 Å². The van der Waals surface area contributed by atoms with E-state index in [2.05, 4.69) is 95.9 Å². The molecule has 1 aliphatic carbocycles. The van der Waals surface area contributed by atoms with Gasteiger partial charge in [-0.2, -0.15) is 0 Å². The Morgan fingerprint density at radius 2 is 1.06 bits per heavy atom. The molecule has 35 heavy (non-hydrogen) atoms. The Labute approximate surface area is 204 Å². The number of nitrogens with zero attached hydrogens (tertiary/aromatic N) is 1. The normalized spacial score (nSPS) is 15.5. The number of ketones is 1. The molecule has 0 N–H and O–H groups in total. The van der Waals surface area contributed by atoms with Crippen LogP contribution in [0.5, 0.6) is 0 Å². The lowest BCUT2D eigenvalue weighted by molar-refractivity contribution is 0.103. The number of carbonyl (C=O) groups excluding carboxylic acids is 1. The van der Waals surface area contributed by atoms with Gasteiger partial charge in [-0.3, -0.25) is 4.79 Å². The molecule has 0 radical (unpaired) electrons. The number of fused-ring (bicyclic) bond motifs is 10. The molecular weight excluding hydrogens is 426 g/mol. The molecule has 0 unspecified atom stereocenters. The van der Waals surface area contributed by atoms with Crippen molar-refractivity contribution in [2.24, 2.45) is 0 Å². The number of carbonyl (C=O) groups is 1. The Hall–Kier alpha value is -4.43. The van der Waals surface area contributed by atoms with Crippen LogP contribution in [0.4, 0.5) is 17.1 Å². The Balaban J connectivity index is 1.60. The van der Waals surface area contributed by atoms with Crippen molar-refractivity contribution in [1.29, 1.82) is 0 Å². The highest BCUT2D eigenvalue weighted by Gasteiger charge is 2.52. The van der Waals surface area contributed by atoms with Crippen molar-refractivity contribution in [3.63, 3.8) is 0 Å². The molecule has 2 nitrogen and oxygen atoms in total. The van der Waals surface area contributed by atoms with Gasteiger partial charge in [-0.25, -0.2) is 0 Å². The zero-order valence-corrected chi connectivity index (χ0v) is 19.0. The highest BCUT2D eigenvalue weighted by Crippen LogP contribution is 2.62. The quantitative estimate of drug-likeness (QED) is 0.243. The summed E-state index contributed by atoms with van der Waals surface area (Å²) in [6.07, 6.45) is 0.899. The summed E-state index contributed by atoms with van der Waals surface area (Å²) in [6.45, 7) is 0. The molecule has 0 bridgehead atoms. The zero-order valence-electron chi connectivity index (χ0n) is 19.0. The summed E-state index contributed by atoms with van der Waals surface area (Å²) in [5.74, 6) is 0.108. The molecule has 2 heterocycles. The van der Waals surface area contributed by atoms with Crippen molar-refractivity contribution < 1.29 is 4.79 Å². The van der Waals surface area contributed by atoms with E-state index in [0.29, 0.717) is 0 Å². The van der Waals surface area contributed by atoms with Gasteiger partial charge in [0.05, 0.1) is 16.8 Å².